The van der Waals surface area contributed by atoms with Crippen LogP contribution in [0.3, 0.4) is 0 Å². The zero-order chi connectivity index (χ0) is 19.6. The van der Waals surface area contributed by atoms with Crippen LogP contribution < -0.4 is 14.8 Å². The molecule has 2 fully saturated rings. The van der Waals surface area contributed by atoms with E-state index in [2.05, 4.69) is 16.3 Å². The van der Waals surface area contributed by atoms with Crippen molar-refractivity contribution in [2.45, 2.75) is 44.8 Å². The lowest BCUT2D eigenvalue weighted by Crippen LogP contribution is -2.42. The Morgan fingerprint density at radius 1 is 1.18 bits per heavy atom. The molecule has 0 radical (unpaired) electrons. The van der Waals surface area contributed by atoms with E-state index in [4.69, 9.17) is 14.2 Å². The van der Waals surface area contributed by atoms with Gasteiger partial charge < -0.3 is 24.6 Å². The van der Waals surface area contributed by atoms with E-state index >= 15 is 0 Å². The third-order valence-electron chi connectivity index (χ3n) is 5.72. The average Bonchev–Trinajstić information content (AvgIpc) is 2.74. The zero-order valence-electron chi connectivity index (χ0n) is 17.2. The molecule has 1 saturated carbocycles. The number of β-amino-alcohol motifs (C(OH)–C–C–N with tert-alkyl or cyclic N) is 1. The van der Waals surface area contributed by atoms with Crippen LogP contribution in [0, 0.1) is 5.92 Å². The molecule has 1 aliphatic carbocycles. The number of methoxy groups -OCH3 is 1. The highest BCUT2D eigenvalue weighted by molar-refractivity contribution is 5.43. The second kappa shape index (κ2) is 11.6. The molecule has 2 aliphatic rings. The monoisotopic (exact) mass is 392 g/mol. The fourth-order valence-corrected chi connectivity index (χ4v) is 4.07. The van der Waals surface area contributed by atoms with Gasteiger partial charge >= 0.3 is 0 Å². The van der Waals surface area contributed by atoms with Gasteiger partial charge in [-0.2, -0.15) is 0 Å². The molecule has 158 valence electrons. The number of nitrogens with zero attached hydrogens (tertiary/aromatic N) is 1. The zero-order valence-corrected chi connectivity index (χ0v) is 17.2. The molecular weight excluding hydrogens is 356 g/mol. The van der Waals surface area contributed by atoms with Crippen LogP contribution in [-0.4, -0.2) is 69.2 Å². The van der Waals surface area contributed by atoms with E-state index in [9.17, 15) is 5.11 Å². The molecule has 0 unspecified atom stereocenters. The second-order valence-electron chi connectivity index (χ2n) is 8.00. The lowest BCUT2D eigenvalue weighted by Gasteiger charge is -2.28. The molecule has 0 spiro atoms. The molecular formula is C22H36N2O4. The fraction of sp³-hybridized carbons (Fsp3) is 0.727. The number of benzene rings is 1. The Balaban J connectivity index is 1.42. The molecule has 6 heteroatoms. The van der Waals surface area contributed by atoms with Crippen LogP contribution in [0.2, 0.25) is 0 Å². The molecule has 0 amide bonds. The largest absolute Gasteiger partial charge is 0.493 e. The third kappa shape index (κ3) is 6.92. The number of hydrogen-bond acceptors (Lipinski definition) is 6. The van der Waals surface area contributed by atoms with Gasteiger partial charge in [0.2, 0.25) is 0 Å². The van der Waals surface area contributed by atoms with Crippen molar-refractivity contribution in [2.24, 2.45) is 5.92 Å². The molecule has 6 nitrogen and oxygen atoms in total. The van der Waals surface area contributed by atoms with Crippen molar-refractivity contribution >= 4 is 0 Å². The summed E-state index contributed by atoms with van der Waals surface area (Å²) in [5, 5.41) is 13.8. The van der Waals surface area contributed by atoms with Crippen LogP contribution in [0.1, 0.15) is 37.7 Å². The van der Waals surface area contributed by atoms with Gasteiger partial charge in [0.05, 0.1) is 20.3 Å². The first-order valence-corrected chi connectivity index (χ1v) is 10.7. The molecule has 2 N–H and O–H groups in total. The standard InChI is InChI=1S/C22H36N2O4/c1-26-22-13-19(15-23-14-18-5-3-2-4-6-18)7-8-21(22)28-17-20(25)16-24-9-11-27-12-10-24/h7-8,13,18,20,23,25H,2-6,9-12,14-17H2,1H3/t20-/m0/s1. The lowest BCUT2D eigenvalue weighted by molar-refractivity contribution is 0.00445. The minimum Gasteiger partial charge on any atom is -0.493 e. The first-order chi connectivity index (χ1) is 13.7. The predicted molar refractivity (Wildman–Crippen MR) is 110 cm³/mol. The van der Waals surface area contributed by atoms with E-state index in [1.807, 2.05) is 12.1 Å². The van der Waals surface area contributed by atoms with E-state index in [1.54, 1.807) is 7.11 Å². The highest BCUT2D eigenvalue weighted by Gasteiger charge is 2.16. The van der Waals surface area contributed by atoms with Gasteiger partial charge in [-0.05, 0) is 43.0 Å². The Labute approximate surface area is 169 Å². The van der Waals surface area contributed by atoms with Gasteiger partial charge in [-0.3, -0.25) is 4.90 Å². The minimum absolute atomic E-state index is 0.257. The predicted octanol–water partition coefficient (Wildman–Crippen LogP) is 2.44. The molecule has 1 aromatic rings. The number of rotatable bonds is 10. The van der Waals surface area contributed by atoms with Gasteiger partial charge in [-0.15, -0.1) is 0 Å². The normalized spacial score (nSPS) is 20.1. The molecule has 3 rings (SSSR count). The summed E-state index contributed by atoms with van der Waals surface area (Å²) < 4.78 is 16.7. The van der Waals surface area contributed by atoms with Gasteiger partial charge in [-0.25, -0.2) is 0 Å². The van der Waals surface area contributed by atoms with Gasteiger partial charge in [-0.1, -0.05) is 25.3 Å². The van der Waals surface area contributed by atoms with Crippen LogP contribution >= 0.6 is 0 Å². The fourth-order valence-electron chi connectivity index (χ4n) is 4.07. The molecule has 1 saturated heterocycles. The molecule has 1 aromatic carbocycles. The maximum Gasteiger partial charge on any atom is 0.161 e. The molecule has 0 bridgehead atoms. The molecule has 1 heterocycles. The number of nitrogens with one attached hydrogen (secondary N) is 1. The highest BCUT2D eigenvalue weighted by Crippen LogP contribution is 2.28. The highest BCUT2D eigenvalue weighted by atomic mass is 16.5. The Kier molecular flexibility index (Phi) is 8.86. The van der Waals surface area contributed by atoms with Crippen molar-refractivity contribution in [1.82, 2.24) is 10.2 Å². The Morgan fingerprint density at radius 3 is 2.71 bits per heavy atom. The van der Waals surface area contributed by atoms with Crippen LogP contribution in [-0.2, 0) is 11.3 Å². The second-order valence-corrected chi connectivity index (χ2v) is 8.00. The minimum atomic E-state index is -0.528. The smallest absolute Gasteiger partial charge is 0.161 e. The number of morpholine rings is 1. The number of ether oxygens (including phenoxy) is 3. The van der Waals surface area contributed by atoms with Crippen molar-refractivity contribution < 1.29 is 19.3 Å². The van der Waals surface area contributed by atoms with Crippen LogP contribution in [0.5, 0.6) is 11.5 Å². The van der Waals surface area contributed by atoms with Crippen molar-refractivity contribution in [3.05, 3.63) is 23.8 Å². The van der Waals surface area contributed by atoms with Crippen molar-refractivity contribution in [3.8, 4) is 11.5 Å². The van der Waals surface area contributed by atoms with E-state index in [0.29, 0.717) is 12.3 Å². The van der Waals surface area contributed by atoms with Gasteiger partial charge in [0.15, 0.2) is 11.5 Å². The summed E-state index contributed by atoms with van der Waals surface area (Å²) >= 11 is 0. The summed E-state index contributed by atoms with van der Waals surface area (Å²) in [6.45, 7) is 5.99. The first-order valence-electron chi connectivity index (χ1n) is 10.7. The summed E-state index contributed by atoms with van der Waals surface area (Å²) in [5.74, 6) is 2.22. The van der Waals surface area contributed by atoms with Crippen LogP contribution in [0.25, 0.3) is 0 Å². The van der Waals surface area contributed by atoms with Crippen LogP contribution in [0.15, 0.2) is 18.2 Å². The summed E-state index contributed by atoms with van der Waals surface area (Å²) in [5.41, 5.74) is 1.19. The van der Waals surface area contributed by atoms with E-state index < -0.39 is 6.10 Å². The lowest BCUT2D eigenvalue weighted by atomic mass is 9.89. The summed E-state index contributed by atoms with van der Waals surface area (Å²) in [6.07, 6.45) is 6.34. The molecule has 1 aliphatic heterocycles. The Hall–Kier alpha value is -1.34. The Morgan fingerprint density at radius 2 is 1.96 bits per heavy atom. The topological polar surface area (TPSA) is 63.2 Å². The van der Waals surface area contributed by atoms with Crippen molar-refractivity contribution in [3.63, 3.8) is 0 Å². The number of aliphatic hydroxyl groups is 1. The van der Waals surface area contributed by atoms with Gasteiger partial charge in [0.1, 0.15) is 12.7 Å². The molecule has 1 atom stereocenters. The van der Waals surface area contributed by atoms with Gasteiger partial charge in [0.25, 0.3) is 0 Å². The van der Waals surface area contributed by atoms with E-state index in [0.717, 1.165) is 51.1 Å². The van der Waals surface area contributed by atoms with E-state index in [-0.39, 0.29) is 6.61 Å². The third-order valence-corrected chi connectivity index (χ3v) is 5.72. The van der Waals surface area contributed by atoms with Crippen LogP contribution in [0.4, 0.5) is 0 Å². The van der Waals surface area contributed by atoms with Gasteiger partial charge in [0, 0.05) is 26.2 Å². The summed E-state index contributed by atoms with van der Waals surface area (Å²) in [4.78, 5) is 2.20. The number of aliphatic hydroxyl groups excluding tert-OH is 1. The first kappa shape index (κ1) is 21.4. The van der Waals surface area contributed by atoms with Crippen molar-refractivity contribution in [2.75, 3.05) is 53.1 Å². The number of hydrogen-bond donors (Lipinski definition) is 2. The maximum atomic E-state index is 10.3. The SMILES string of the molecule is COc1cc(CNCC2CCCCC2)ccc1OC[C@@H](O)CN1CCOCC1. The average molecular weight is 393 g/mol. The maximum absolute atomic E-state index is 10.3. The van der Waals surface area contributed by atoms with Crippen molar-refractivity contribution in [1.29, 1.82) is 0 Å². The molecule has 28 heavy (non-hydrogen) atoms. The summed E-state index contributed by atoms with van der Waals surface area (Å²) in [7, 11) is 1.66. The Bertz CT molecular complexity index is 572. The quantitative estimate of drug-likeness (QED) is 0.638. The van der Waals surface area contributed by atoms with E-state index in [1.165, 1.54) is 37.7 Å². The molecule has 0 aromatic heterocycles. The summed E-state index contributed by atoms with van der Waals surface area (Å²) in [6, 6.07) is 6.04.